The minimum atomic E-state index is -0.188. The predicted octanol–water partition coefficient (Wildman–Crippen LogP) is 5.28. The number of hydrogen-bond acceptors (Lipinski definition) is 4. The summed E-state index contributed by atoms with van der Waals surface area (Å²) in [5, 5.41) is 0. The predicted molar refractivity (Wildman–Crippen MR) is 97.5 cm³/mol. The summed E-state index contributed by atoms with van der Waals surface area (Å²) in [5.41, 5.74) is 1.26. The van der Waals surface area contributed by atoms with Crippen molar-refractivity contribution < 1.29 is 9.47 Å². The molecule has 0 radical (unpaired) electrons. The fourth-order valence-corrected chi connectivity index (χ4v) is 1.97. The minimum Gasteiger partial charge on any atom is -0.486 e. The van der Waals surface area contributed by atoms with Crippen molar-refractivity contribution in [2.45, 2.75) is 65.6 Å². The molecular formula is C20H28N2O2. The third-order valence-electron chi connectivity index (χ3n) is 4.23. The first kappa shape index (κ1) is 18.2. The molecule has 0 unspecified atom stereocenters. The zero-order valence-corrected chi connectivity index (χ0v) is 15.6. The van der Waals surface area contributed by atoms with Crippen molar-refractivity contribution in [1.29, 1.82) is 0 Å². The van der Waals surface area contributed by atoms with Crippen LogP contribution in [0.5, 0.6) is 11.5 Å². The molecule has 0 aliphatic carbocycles. The van der Waals surface area contributed by atoms with E-state index in [2.05, 4.69) is 51.5 Å². The molecule has 0 aromatic carbocycles. The maximum atomic E-state index is 5.93. The average Bonchev–Trinajstić information content (AvgIpc) is 2.56. The maximum Gasteiger partial charge on any atom is 0.138 e. The molecule has 4 heteroatoms. The molecule has 0 aliphatic rings. The van der Waals surface area contributed by atoms with Gasteiger partial charge in [-0.05, 0) is 64.8 Å². The topological polar surface area (TPSA) is 44.2 Å². The van der Waals surface area contributed by atoms with Crippen LogP contribution in [0, 0.1) is 0 Å². The second kappa shape index (κ2) is 7.20. The van der Waals surface area contributed by atoms with Crippen LogP contribution in [0.15, 0.2) is 36.7 Å². The summed E-state index contributed by atoms with van der Waals surface area (Å²) in [6.07, 6.45) is 5.37. The lowest BCUT2D eigenvalue weighted by Crippen LogP contribution is -2.26. The summed E-state index contributed by atoms with van der Waals surface area (Å²) in [4.78, 5) is 8.92. The van der Waals surface area contributed by atoms with Gasteiger partial charge in [-0.15, -0.1) is 0 Å². The Kier molecular flexibility index (Phi) is 5.47. The van der Waals surface area contributed by atoms with E-state index >= 15 is 0 Å². The summed E-state index contributed by atoms with van der Waals surface area (Å²) in [6, 6.07) is 7.73. The lowest BCUT2D eigenvalue weighted by molar-refractivity contribution is 0.104. The normalized spacial score (nSPS) is 12.1. The van der Waals surface area contributed by atoms with Gasteiger partial charge in [0.1, 0.15) is 22.7 Å². The van der Waals surface area contributed by atoms with E-state index in [0.717, 1.165) is 35.7 Å². The van der Waals surface area contributed by atoms with Crippen LogP contribution in [0.25, 0.3) is 11.4 Å². The van der Waals surface area contributed by atoms with Gasteiger partial charge in [0.2, 0.25) is 0 Å². The second-order valence-corrected chi connectivity index (χ2v) is 7.19. The monoisotopic (exact) mass is 328 g/mol. The number of ether oxygens (including phenoxy) is 2. The number of pyridine rings is 2. The Bertz CT molecular complexity index is 587. The third-order valence-corrected chi connectivity index (χ3v) is 4.23. The summed E-state index contributed by atoms with van der Waals surface area (Å²) >= 11 is 0. The molecule has 0 aliphatic heterocycles. The first-order chi connectivity index (χ1) is 11.2. The highest BCUT2D eigenvalue weighted by Crippen LogP contribution is 2.25. The standard InChI is InChI=1S/C20H28N2O2/c1-7-19(3,4)23-15-9-11-17(21-13-15)18-12-10-16(14-22-18)24-20(5,6)8-2/h9-14H,7-8H2,1-6H3. The lowest BCUT2D eigenvalue weighted by Gasteiger charge is -2.25. The van der Waals surface area contributed by atoms with E-state index in [0.29, 0.717) is 0 Å². The smallest absolute Gasteiger partial charge is 0.138 e. The van der Waals surface area contributed by atoms with Gasteiger partial charge in [0.15, 0.2) is 0 Å². The Morgan fingerprint density at radius 2 is 1.08 bits per heavy atom. The molecule has 2 heterocycles. The van der Waals surface area contributed by atoms with E-state index in [1.54, 1.807) is 12.4 Å². The molecule has 0 saturated carbocycles. The first-order valence-electron chi connectivity index (χ1n) is 8.55. The molecule has 0 saturated heterocycles. The zero-order valence-electron chi connectivity index (χ0n) is 15.6. The van der Waals surface area contributed by atoms with Crippen LogP contribution in [0.2, 0.25) is 0 Å². The van der Waals surface area contributed by atoms with E-state index in [4.69, 9.17) is 9.47 Å². The van der Waals surface area contributed by atoms with Gasteiger partial charge in [0.05, 0.1) is 23.8 Å². The SMILES string of the molecule is CCC(C)(C)Oc1ccc(-c2ccc(OC(C)(C)CC)cn2)nc1. The number of nitrogens with zero attached hydrogens (tertiary/aromatic N) is 2. The van der Waals surface area contributed by atoms with E-state index in [1.165, 1.54) is 0 Å². The molecule has 2 rings (SSSR count). The quantitative estimate of drug-likeness (QED) is 0.693. The summed E-state index contributed by atoms with van der Waals surface area (Å²) in [5.74, 6) is 1.55. The van der Waals surface area contributed by atoms with Crippen LogP contribution in [0.1, 0.15) is 54.4 Å². The van der Waals surface area contributed by atoms with Crippen molar-refractivity contribution in [2.75, 3.05) is 0 Å². The molecule has 0 N–H and O–H groups in total. The Balaban J connectivity index is 2.09. The molecule has 130 valence electrons. The number of aromatic nitrogens is 2. The number of rotatable bonds is 7. The molecule has 24 heavy (non-hydrogen) atoms. The third kappa shape index (κ3) is 4.95. The second-order valence-electron chi connectivity index (χ2n) is 7.19. The summed E-state index contributed by atoms with van der Waals surface area (Å²) in [6.45, 7) is 12.5. The summed E-state index contributed by atoms with van der Waals surface area (Å²) < 4.78 is 11.9. The molecule has 0 bridgehead atoms. The highest BCUT2D eigenvalue weighted by molar-refractivity contribution is 5.55. The molecule has 0 fully saturated rings. The van der Waals surface area contributed by atoms with Crippen LogP contribution in [-0.4, -0.2) is 21.2 Å². The fourth-order valence-electron chi connectivity index (χ4n) is 1.97. The van der Waals surface area contributed by atoms with E-state index < -0.39 is 0 Å². The van der Waals surface area contributed by atoms with Crippen LogP contribution >= 0.6 is 0 Å². The van der Waals surface area contributed by atoms with Gasteiger partial charge in [-0.25, -0.2) is 0 Å². The van der Waals surface area contributed by atoms with Crippen molar-refractivity contribution in [3.63, 3.8) is 0 Å². The van der Waals surface area contributed by atoms with Crippen LogP contribution in [0.4, 0.5) is 0 Å². The van der Waals surface area contributed by atoms with E-state index in [1.807, 2.05) is 24.3 Å². The molecular weight excluding hydrogens is 300 g/mol. The van der Waals surface area contributed by atoms with Gasteiger partial charge in [0, 0.05) is 0 Å². The van der Waals surface area contributed by atoms with Gasteiger partial charge in [-0.1, -0.05) is 13.8 Å². The average molecular weight is 328 g/mol. The molecule has 4 nitrogen and oxygen atoms in total. The summed E-state index contributed by atoms with van der Waals surface area (Å²) in [7, 11) is 0. The van der Waals surface area contributed by atoms with Gasteiger partial charge in [-0.2, -0.15) is 0 Å². The highest BCUT2D eigenvalue weighted by Gasteiger charge is 2.18. The van der Waals surface area contributed by atoms with Crippen molar-refractivity contribution in [2.24, 2.45) is 0 Å². The lowest BCUT2D eigenvalue weighted by atomic mass is 10.1. The molecule has 0 amide bonds. The number of hydrogen-bond donors (Lipinski definition) is 0. The van der Waals surface area contributed by atoms with Crippen molar-refractivity contribution >= 4 is 0 Å². The largest absolute Gasteiger partial charge is 0.486 e. The molecule has 0 spiro atoms. The Morgan fingerprint density at radius 3 is 1.33 bits per heavy atom. The van der Waals surface area contributed by atoms with Gasteiger partial charge >= 0.3 is 0 Å². The van der Waals surface area contributed by atoms with Gasteiger partial charge in [-0.3, -0.25) is 9.97 Å². The van der Waals surface area contributed by atoms with Crippen molar-refractivity contribution in [3.8, 4) is 22.9 Å². The van der Waals surface area contributed by atoms with Crippen LogP contribution < -0.4 is 9.47 Å². The highest BCUT2D eigenvalue weighted by atomic mass is 16.5. The maximum absolute atomic E-state index is 5.93. The van der Waals surface area contributed by atoms with Gasteiger partial charge in [0.25, 0.3) is 0 Å². The first-order valence-corrected chi connectivity index (χ1v) is 8.55. The fraction of sp³-hybridized carbons (Fsp3) is 0.500. The van der Waals surface area contributed by atoms with Crippen LogP contribution in [-0.2, 0) is 0 Å². The van der Waals surface area contributed by atoms with Crippen LogP contribution in [0.3, 0.4) is 0 Å². The van der Waals surface area contributed by atoms with Crippen molar-refractivity contribution in [1.82, 2.24) is 9.97 Å². The van der Waals surface area contributed by atoms with E-state index in [-0.39, 0.29) is 11.2 Å². The minimum absolute atomic E-state index is 0.188. The van der Waals surface area contributed by atoms with Gasteiger partial charge < -0.3 is 9.47 Å². The Labute approximate surface area is 145 Å². The zero-order chi connectivity index (χ0) is 17.8. The Morgan fingerprint density at radius 1 is 0.708 bits per heavy atom. The Hall–Kier alpha value is -2.10. The molecule has 2 aromatic rings. The van der Waals surface area contributed by atoms with E-state index in [9.17, 15) is 0 Å². The van der Waals surface area contributed by atoms with Crippen molar-refractivity contribution in [3.05, 3.63) is 36.7 Å². The molecule has 0 atom stereocenters. The molecule has 2 aromatic heterocycles.